The molecule has 3 heterocycles. The monoisotopic (exact) mass is 533 g/mol. The number of aliphatic hydroxyl groups is 1. The minimum Gasteiger partial charge on any atom is -0.488 e. The van der Waals surface area contributed by atoms with E-state index in [1.807, 2.05) is 6.92 Å². The van der Waals surface area contributed by atoms with Crippen LogP contribution >= 0.6 is 0 Å². The molecule has 5 rings (SSSR count). The molecule has 3 aromatic rings. The molecule has 1 saturated heterocycles. The van der Waals surface area contributed by atoms with Crippen molar-refractivity contribution in [1.29, 1.82) is 0 Å². The van der Waals surface area contributed by atoms with E-state index in [4.69, 9.17) is 4.74 Å². The van der Waals surface area contributed by atoms with Crippen molar-refractivity contribution in [3.8, 4) is 5.75 Å². The topological polar surface area (TPSA) is 51.7 Å². The van der Waals surface area contributed by atoms with E-state index in [0.717, 1.165) is 24.9 Å². The summed E-state index contributed by atoms with van der Waals surface area (Å²) in [5, 5.41) is 10.3. The molecule has 2 aliphatic rings. The highest BCUT2D eigenvalue weighted by atomic mass is 19.1. The van der Waals surface area contributed by atoms with Crippen LogP contribution in [0, 0.1) is 17.5 Å². The fraction of sp³-hybridized carbons (Fsp3) is 0.517. The number of hydrogen-bond acceptors (Lipinski definition) is 4. The van der Waals surface area contributed by atoms with Crippen LogP contribution in [0.4, 0.5) is 17.6 Å². The molecule has 0 saturated carbocycles. The smallest absolute Gasteiger partial charge is 0.143 e. The van der Waals surface area contributed by atoms with Gasteiger partial charge in [-0.1, -0.05) is 13.3 Å². The fourth-order valence-electron chi connectivity index (χ4n) is 5.76. The summed E-state index contributed by atoms with van der Waals surface area (Å²) in [5.74, 6) is -1.90. The summed E-state index contributed by atoms with van der Waals surface area (Å²) in [6, 6.07) is 5.35. The minimum absolute atomic E-state index is 0.115. The van der Waals surface area contributed by atoms with Gasteiger partial charge >= 0.3 is 0 Å². The molecule has 9 heteroatoms. The number of aliphatic hydroxyl groups excluding tert-OH is 1. The number of ether oxygens (including phenoxy) is 1. The predicted octanol–water partition coefficient (Wildman–Crippen LogP) is 5.50. The summed E-state index contributed by atoms with van der Waals surface area (Å²) < 4.78 is 66.6. The molecule has 38 heavy (non-hydrogen) atoms. The number of H-pyrrole nitrogens is 1. The lowest BCUT2D eigenvalue weighted by Crippen LogP contribution is -2.53. The number of nitrogens with one attached hydrogen (secondary N) is 1. The van der Waals surface area contributed by atoms with E-state index in [-0.39, 0.29) is 30.0 Å². The van der Waals surface area contributed by atoms with E-state index in [9.17, 15) is 9.50 Å². The van der Waals surface area contributed by atoms with Crippen molar-refractivity contribution in [1.82, 2.24) is 14.8 Å². The standard InChI is InChI=1S/C29H35F4N3O2/c1-4-5-8-35-13-20(14-35)38-19-11-23(31)26(24(32)12-19)28-27-22(21-10-18(30)6-7-25(21)34-27)9-17(2)36(28)15-29(3,33)16-37/h6-7,10-12,17,20,28,34,37H,4-5,8-9,13-16H2,1-3H3/t17-,28-,29?/m0/s1. The minimum atomic E-state index is -1.99. The number of aromatic amines is 1. The number of unbranched alkanes of at least 4 members (excludes halogenated alkanes) is 1. The Bertz CT molecular complexity index is 1280. The predicted molar refractivity (Wildman–Crippen MR) is 139 cm³/mol. The van der Waals surface area contributed by atoms with Gasteiger partial charge in [0.05, 0.1) is 12.6 Å². The second-order valence-electron chi connectivity index (χ2n) is 11.1. The molecule has 1 unspecified atom stereocenters. The van der Waals surface area contributed by atoms with Crippen molar-refractivity contribution in [3.63, 3.8) is 0 Å². The Balaban J connectivity index is 1.52. The highest BCUT2D eigenvalue weighted by molar-refractivity contribution is 5.85. The maximum atomic E-state index is 15.8. The lowest BCUT2D eigenvalue weighted by Gasteiger charge is -2.43. The molecule has 2 aromatic carbocycles. The van der Waals surface area contributed by atoms with Crippen LogP contribution in [0.5, 0.6) is 5.75 Å². The van der Waals surface area contributed by atoms with Gasteiger partial charge in [-0.2, -0.15) is 0 Å². The third kappa shape index (κ3) is 5.16. The zero-order valence-corrected chi connectivity index (χ0v) is 22.0. The number of nitrogens with zero attached hydrogens (tertiary/aromatic N) is 2. The van der Waals surface area contributed by atoms with Gasteiger partial charge in [-0.05, 0) is 57.0 Å². The van der Waals surface area contributed by atoms with Gasteiger partial charge in [-0.25, -0.2) is 17.6 Å². The van der Waals surface area contributed by atoms with Gasteiger partial charge in [0.1, 0.15) is 35.0 Å². The first-order chi connectivity index (χ1) is 18.1. The van der Waals surface area contributed by atoms with Gasteiger partial charge < -0.3 is 14.8 Å². The normalized spacial score (nSPS) is 22.3. The highest BCUT2D eigenvalue weighted by Crippen LogP contribution is 2.44. The highest BCUT2D eigenvalue weighted by Gasteiger charge is 2.42. The molecule has 2 aliphatic heterocycles. The van der Waals surface area contributed by atoms with Crippen LogP contribution in [0.2, 0.25) is 0 Å². The zero-order chi connectivity index (χ0) is 27.2. The maximum absolute atomic E-state index is 15.8. The average Bonchev–Trinajstić information content (AvgIpc) is 3.18. The van der Waals surface area contributed by atoms with Gasteiger partial charge in [0.25, 0.3) is 0 Å². The number of hydrogen-bond donors (Lipinski definition) is 2. The van der Waals surface area contributed by atoms with Crippen LogP contribution in [0.25, 0.3) is 10.9 Å². The van der Waals surface area contributed by atoms with Crippen LogP contribution in [-0.4, -0.2) is 70.5 Å². The molecular formula is C29H35F4N3O2. The van der Waals surface area contributed by atoms with E-state index in [2.05, 4.69) is 16.8 Å². The summed E-state index contributed by atoms with van der Waals surface area (Å²) in [6.07, 6.45) is 2.49. The molecule has 0 bridgehead atoms. The Morgan fingerprint density at radius 2 is 1.84 bits per heavy atom. The van der Waals surface area contributed by atoms with Crippen LogP contribution in [0.3, 0.4) is 0 Å². The summed E-state index contributed by atoms with van der Waals surface area (Å²) >= 11 is 0. The number of halogens is 4. The molecule has 206 valence electrons. The quantitative estimate of drug-likeness (QED) is 0.357. The number of aromatic nitrogens is 1. The van der Waals surface area contributed by atoms with E-state index >= 15 is 13.2 Å². The molecule has 0 amide bonds. The van der Waals surface area contributed by atoms with Gasteiger partial charge in [0.15, 0.2) is 0 Å². The third-order valence-electron chi connectivity index (χ3n) is 7.79. The van der Waals surface area contributed by atoms with Crippen molar-refractivity contribution < 1.29 is 27.4 Å². The summed E-state index contributed by atoms with van der Waals surface area (Å²) in [7, 11) is 0. The maximum Gasteiger partial charge on any atom is 0.143 e. The van der Waals surface area contributed by atoms with Crippen molar-refractivity contribution in [2.45, 2.75) is 63.9 Å². The van der Waals surface area contributed by atoms with E-state index in [1.54, 1.807) is 11.0 Å². The van der Waals surface area contributed by atoms with Gasteiger partial charge in [-0.3, -0.25) is 9.80 Å². The first-order valence-electron chi connectivity index (χ1n) is 13.3. The summed E-state index contributed by atoms with van der Waals surface area (Å²) in [6.45, 7) is 6.66. The van der Waals surface area contributed by atoms with Crippen molar-refractivity contribution in [3.05, 3.63) is 64.6 Å². The van der Waals surface area contributed by atoms with E-state index < -0.39 is 35.8 Å². The first kappa shape index (κ1) is 27.0. The lowest BCUT2D eigenvalue weighted by molar-refractivity contribution is 0.0153. The summed E-state index contributed by atoms with van der Waals surface area (Å²) in [4.78, 5) is 7.14. The van der Waals surface area contributed by atoms with Crippen LogP contribution < -0.4 is 4.74 Å². The third-order valence-corrected chi connectivity index (χ3v) is 7.79. The number of alkyl halides is 1. The first-order valence-corrected chi connectivity index (χ1v) is 13.3. The van der Waals surface area contributed by atoms with Gasteiger partial charge in [0.2, 0.25) is 0 Å². The van der Waals surface area contributed by atoms with Crippen molar-refractivity contribution in [2.24, 2.45) is 0 Å². The molecule has 3 atom stereocenters. The van der Waals surface area contributed by atoms with E-state index in [1.165, 1.54) is 31.2 Å². The second-order valence-corrected chi connectivity index (χ2v) is 11.1. The molecule has 1 fully saturated rings. The van der Waals surface area contributed by atoms with Crippen LogP contribution in [-0.2, 0) is 6.42 Å². The molecular weight excluding hydrogens is 498 g/mol. The van der Waals surface area contributed by atoms with Gasteiger partial charge in [0, 0.05) is 60.0 Å². The van der Waals surface area contributed by atoms with Crippen molar-refractivity contribution in [2.75, 3.05) is 32.8 Å². The number of rotatable bonds is 9. The number of likely N-dealkylation sites (tertiary alicyclic amines) is 1. The van der Waals surface area contributed by atoms with E-state index in [0.29, 0.717) is 36.1 Å². The molecule has 2 N–H and O–H groups in total. The fourth-order valence-corrected chi connectivity index (χ4v) is 5.76. The molecule has 0 spiro atoms. The average molecular weight is 534 g/mol. The molecule has 0 aliphatic carbocycles. The second kappa shape index (κ2) is 10.5. The molecule has 1 aromatic heterocycles. The Kier molecular flexibility index (Phi) is 7.46. The largest absolute Gasteiger partial charge is 0.488 e. The van der Waals surface area contributed by atoms with Crippen LogP contribution in [0.15, 0.2) is 30.3 Å². The Morgan fingerprint density at radius 1 is 1.13 bits per heavy atom. The number of benzene rings is 2. The Hall–Kier alpha value is -2.62. The number of fused-ring (bicyclic) bond motifs is 3. The van der Waals surface area contributed by atoms with Gasteiger partial charge in [-0.15, -0.1) is 0 Å². The molecule has 5 nitrogen and oxygen atoms in total. The zero-order valence-electron chi connectivity index (χ0n) is 22.0. The Morgan fingerprint density at radius 3 is 2.50 bits per heavy atom. The van der Waals surface area contributed by atoms with Crippen molar-refractivity contribution >= 4 is 10.9 Å². The lowest BCUT2D eigenvalue weighted by atomic mass is 9.87. The summed E-state index contributed by atoms with van der Waals surface area (Å²) in [5.41, 5.74) is -0.345. The molecule has 0 radical (unpaired) electrons. The SMILES string of the molecule is CCCCN1CC(Oc2cc(F)c([C@H]3c4[nH]c5ccc(F)cc5c4C[C@H](C)N3CC(C)(F)CO)c(F)c2)C1. The van der Waals surface area contributed by atoms with Crippen LogP contribution in [0.1, 0.15) is 56.5 Å². The Labute approximate surface area is 220 Å².